The quantitative estimate of drug-likeness (QED) is 0.745. The summed E-state index contributed by atoms with van der Waals surface area (Å²) < 4.78 is 28.9. The average Bonchev–Trinajstić information content (AvgIpc) is 2.56. The second-order valence-electron chi connectivity index (χ2n) is 6.28. The molecule has 0 aliphatic carbocycles. The molecule has 2 aromatic carbocycles. The van der Waals surface area contributed by atoms with Crippen molar-refractivity contribution in [2.75, 3.05) is 16.2 Å². The number of fused-ring (bicyclic) bond motifs is 1. The van der Waals surface area contributed by atoms with Gasteiger partial charge in [0.1, 0.15) is 0 Å². The van der Waals surface area contributed by atoms with Crippen molar-refractivity contribution < 1.29 is 13.2 Å². The Morgan fingerprint density at radius 2 is 2.00 bits per heavy atom. The first-order valence-corrected chi connectivity index (χ1v) is 11.2. The van der Waals surface area contributed by atoms with Crippen LogP contribution in [0.1, 0.15) is 19.4 Å². The van der Waals surface area contributed by atoms with Crippen LogP contribution < -0.4 is 9.62 Å². The average molecular weight is 455 g/mol. The molecule has 8 heteroatoms. The molecule has 0 saturated carbocycles. The van der Waals surface area contributed by atoms with Gasteiger partial charge in [0.2, 0.25) is 5.91 Å². The van der Waals surface area contributed by atoms with Crippen molar-refractivity contribution in [2.45, 2.75) is 35.8 Å². The van der Waals surface area contributed by atoms with Gasteiger partial charge in [-0.1, -0.05) is 13.0 Å². The Kier molecular flexibility index (Phi) is 5.37. The number of hydrogen-bond acceptors (Lipinski definition) is 4. The van der Waals surface area contributed by atoms with E-state index in [9.17, 15) is 13.2 Å². The summed E-state index contributed by atoms with van der Waals surface area (Å²) in [5.41, 5.74) is 2.14. The number of carbonyl (C=O) groups is 1. The van der Waals surface area contributed by atoms with Gasteiger partial charge in [0, 0.05) is 28.1 Å². The molecule has 0 fully saturated rings. The minimum Gasteiger partial charge on any atom is -0.310 e. The number of rotatable bonds is 3. The number of nitrogens with one attached hydrogen (secondary N) is 1. The van der Waals surface area contributed by atoms with Crippen LogP contribution in [0.15, 0.2) is 50.7 Å². The van der Waals surface area contributed by atoms with Crippen molar-refractivity contribution in [2.24, 2.45) is 0 Å². The molecule has 1 aliphatic rings. The Hall–Kier alpha value is -1.51. The van der Waals surface area contributed by atoms with E-state index in [0.29, 0.717) is 22.4 Å². The number of carbonyl (C=O) groups excluding carboxylic acids is 1. The lowest BCUT2D eigenvalue weighted by Crippen LogP contribution is -2.37. The summed E-state index contributed by atoms with van der Waals surface area (Å²) in [6, 6.07) is 10.3. The van der Waals surface area contributed by atoms with Gasteiger partial charge in [-0.05, 0) is 58.7 Å². The molecule has 0 aromatic heterocycles. The summed E-state index contributed by atoms with van der Waals surface area (Å²) in [5.74, 6) is -0.0952. The van der Waals surface area contributed by atoms with Crippen LogP contribution in [-0.2, 0) is 14.8 Å². The molecule has 1 N–H and O–H groups in total. The van der Waals surface area contributed by atoms with Crippen LogP contribution in [0, 0.1) is 6.92 Å². The Labute approximate surface area is 166 Å². The molecular weight excluding hydrogens is 436 g/mol. The molecule has 0 radical (unpaired) electrons. The van der Waals surface area contributed by atoms with Crippen molar-refractivity contribution in [3.63, 3.8) is 0 Å². The van der Waals surface area contributed by atoms with E-state index in [-0.39, 0.29) is 16.1 Å². The Morgan fingerprint density at radius 1 is 1.27 bits per heavy atom. The molecule has 1 aliphatic heterocycles. The first-order valence-electron chi connectivity index (χ1n) is 8.05. The van der Waals surface area contributed by atoms with Gasteiger partial charge in [-0.15, -0.1) is 11.8 Å². The smallest absolute Gasteiger partial charge is 0.262 e. The van der Waals surface area contributed by atoms with Crippen LogP contribution in [0.5, 0.6) is 0 Å². The molecule has 0 saturated heterocycles. The highest BCUT2D eigenvalue weighted by atomic mass is 79.9. The topological polar surface area (TPSA) is 66.5 Å². The lowest BCUT2D eigenvalue weighted by atomic mass is 10.2. The summed E-state index contributed by atoms with van der Waals surface area (Å²) in [6.07, 6.45) is 0. The predicted octanol–water partition coefficient (Wildman–Crippen LogP) is 4.41. The van der Waals surface area contributed by atoms with Crippen LogP contribution >= 0.6 is 27.7 Å². The fourth-order valence-electron chi connectivity index (χ4n) is 2.79. The highest BCUT2D eigenvalue weighted by Gasteiger charge is 2.27. The number of anilines is 2. The monoisotopic (exact) mass is 454 g/mol. The first kappa shape index (κ1) is 19.3. The summed E-state index contributed by atoms with van der Waals surface area (Å²) >= 11 is 5.03. The van der Waals surface area contributed by atoms with Crippen molar-refractivity contribution in [3.8, 4) is 0 Å². The highest BCUT2D eigenvalue weighted by Crippen LogP contribution is 2.40. The van der Waals surface area contributed by atoms with E-state index in [2.05, 4.69) is 20.7 Å². The number of benzene rings is 2. The molecule has 0 unspecified atom stereocenters. The van der Waals surface area contributed by atoms with Crippen LogP contribution in [-0.4, -0.2) is 26.1 Å². The molecule has 3 rings (SSSR count). The van der Waals surface area contributed by atoms with Crippen molar-refractivity contribution >= 4 is 55.0 Å². The second-order valence-corrected chi connectivity index (χ2v) is 10.3. The van der Waals surface area contributed by atoms with Crippen molar-refractivity contribution in [1.29, 1.82) is 0 Å². The number of amides is 1. The van der Waals surface area contributed by atoms with Gasteiger partial charge in [0.25, 0.3) is 10.0 Å². The zero-order valence-corrected chi connectivity index (χ0v) is 17.8. The number of nitrogens with zero attached hydrogens (tertiary/aromatic N) is 1. The van der Waals surface area contributed by atoms with Crippen LogP contribution in [0.25, 0.3) is 0 Å². The van der Waals surface area contributed by atoms with E-state index < -0.39 is 10.0 Å². The number of thioether (sulfide) groups is 1. The number of halogens is 1. The standard InChI is InChI=1S/C18H19BrN2O3S2/c1-11-4-6-16(15(19)8-11)20-26(23,24)14-5-7-18-17(9-14)21(13(3)22)10-12(2)25-18/h4-9,12,20H,10H2,1-3H3/t12-/m0/s1. The first-order chi connectivity index (χ1) is 12.2. The molecule has 1 heterocycles. The maximum Gasteiger partial charge on any atom is 0.262 e. The molecule has 1 atom stereocenters. The van der Waals surface area contributed by atoms with Gasteiger partial charge in [-0.25, -0.2) is 8.42 Å². The lowest BCUT2D eigenvalue weighted by Gasteiger charge is -2.32. The molecule has 5 nitrogen and oxygen atoms in total. The van der Waals surface area contributed by atoms with Crippen LogP contribution in [0.3, 0.4) is 0 Å². The Bertz CT molecular complexity index is 976. The van der Waals surface area contributed by atoms with Gasteiger partial charge in [0.15, 0.2) is 0 Å². The number of hydrogen-bond donors (Lipinski definition) is 1. The molecule has 1 amide bonds. The normalized spacial score (nSPS) is 16.9. The molecule has 0 spiro atoms. The maximum atomic E-state index is 12.8. The SMILES string of the molecule is CC(=O)N1C[C@H](C)Sc2ccc(S(=O)(=O)Nc3ccc(C)cc3Br)cc21. The predicted molar refractivity (Wildman–Crippen MR) is 109 cm³/mol. The van der Waals surface area contributed by atoms with Crippen molar-refractivity contribution in [3.05, 3.63) is 46.4 Å². The zero-order chi connectivity index (χ0) is 19.1. The number of aryl methyl sites for hydroxylation is 1. The fourth-order valence-corrected chi connectivity index (χ4v) is 5.71. The van der Waals surface area contributed by atoms with Crippen LogP contribution in [0.4, 0.5) is 11.4 Å². The summed E-state index contributed by atoms with van der Waals surface area (Å²) in [5, 5.41) is 0.260. The Morgan fingerprint density at radius 3 is 2.65 bits per heavy atom. The minimum absolute atomic E-state index is 0.0952. The molecule has 0 bridgehead atoms. The van der Waals surface area contributed by atoms with E-state index in [1.54, 1.807) is 40.9 Å². The molecule has 138 valence electrons. The summed E-state index contributed by atoms with van der Waals surface area (Å²) in [6.45, 7) is 6.04. The zero-order valence-electron chi connectivity index (χ0n) is 14.6. The molecule has 26 heavy (non-hydrogen) atoms. The van der Waals surface area contributed by atoms with Gasteiger partial charge < -0.3 is 4.90 Å². The number of sulfonamides is 1. The van der Waals surface area contributed by atoms with Crippen LogP contribution in [0.2, 0.25) is 0 Å². The summed E-state index contributed by atoms with van der Waals surface area (Å²) in [4.78, 5) is 14.7. The van der Waals surface area contributed by atoms with E-state index in [1.165, 1.54) is 6.92 Å². The van der Waals surface area contributed by atoms with E-state index in [4.69, 9.17) is 0 Å². The third-order valence-electron chi connectivity index (χ3n) is 4.05. The summed E-state index contributed by atoms with van der Waals surface area (Å²) in [7, 11) is -3.77. The van der Waals surface area contributed by atoms with E-state index in [1.807, 2.05) is 26.0 Å². The second kappa shape index (κ2) is 7.25. The van der Waals surface area contributed by atoms with Crippen molar-refractivity contribution in [1.82, 2.24) is 0 Å². The van der Waals surface area contributed by atoms with E-state index >= 15 is 0 Å². The maximum absolute atomic E-state index is 12.8. The fraction of sp³-hybridized carbons (Fsp3) is 0.278. The Balaban J connectivity index is 1.98. The third-order valence-corrected chi connectivity index (χ3v) is 7.22. The van der Waals surface area contributed by atoms with Gasteiger partial charge in [-0.2, -0.15) is 0 Å². The van der Waals surface area contributed by atoms with E-state index in [0.717, 1.165) is 10.5 Å². The van der Waals surface area contributed by atoms with Gasteiger partial charge in [-0.3, -0.25) is 9.52 Å². The molecule has 2 aromatic rings. The minimum atomic E-state index is -3.77. The highest BCUT2D eigenvalue weighted by molar-refractivity contribution is 9.10. The van der Waals surface area contributed by atoms with Gasteiger partial charge in [0.05, 0.1) is 16.3 Å². The largest absolute Gasteiger partial charge is 0.310 e. The lowest BCUT2D eigenvalue weighted by molar-refractivity contribution is -0.116. The third kappa shape index (κ3) is 3.92. The molecular formula is C18H19BrN2O3S2. The van der Waals surface area contributed by atoms with Gasteiger partial charge >= 0.3 is 0 Å².